The highest BCUT2D eigenvalue weighted by Crippen LogP contribution is 2.35. The minimum Gasteiger partial charge on any atom is -0.316 e. The highest BCUT2D eigenvalue weighted by atomic mass is 35.5. The van der Waals surface area contributed by atoms with E-state index in [1.54, 1.807) is 0 Å². The van der Waals surface area contributed by atoms with E-state index in [9.17, 15) is 18.0 Å². The predicted octanol–water partition coefficient (Wildman–Crippen LogP) is 2.00. The van der Waals surface area contributed by atoms with E-state index in [-0.39, 0.29) is 18.3 Å². The van der Waals surface area contributed by atoms with Crippen molar-refractivity contribution in [2.75, 3.05) is 13.1 Å². The normalized spacial score (nSPS) is 25.4. The molecular weight excluding hydrogens is 281 g/mol. The van der Waals surface area contributed by atoms with Crippen molar-refractivity contribution in [3.8, 4) is 0 Å². The molecule has 1 aromatic heterocycles. The monoisotopic (exact) mass is 294 g/mol. The van der Waals surface area contributed by atoms with Crippen LogP contribution in [0.4, 0.5) is 13.2 Å². The smallest absolute Gasteiger partial charge is 0.316 e. The van der Waals surface area contributed by atoms with Gasteiger partial charge in [0.05, 0.1) is 5.56 Å². The van der Waals surface area contributed by atoms with E-state index in [0.717, 1.165) is 19.0 Å². The predicted molar refractivity (Wildman–Crippen MR) is 66.7 cm³/mol. The van der Waals surface area contributed by atoms with E-state index in [1.165, 1.54) is 4.57 Å². The van der Waals surface area contributed by atoms with Crippen molar-refractivity contribution in [3.05, 3.63) is 33.7 Å². The van der Waals surface area contributed by atoms with Gasteiger partial charge in [-0.25, -0.2) is 0 Å². The van der Waals surface area contributed by atoms with Crippen LogP contribution < -0.4 is 10.9 Å². The number of hydrogen-bond donors (Lipinski definition) is 1. The van der Waals surface area contributed by atoms with Gasteiger partial charge in [0.25, 0.3) is 5.56 Å². The molecule has 0 radical (unpaired) electrons. The van der Waals surface area contributed by atoms with Crippen molar-refractivity contribution in [1.82, 2.24) is 9.88 Å². The SMILES string of the molecule is Cl.O=c1cc(C(F)(F)F)cc2n1CC1CNC[C@@H]2C1. The molecule has 3 heterocycles. The molecule has 0 aromatic carbocycles. The Morgan fingerprint density at radius 1 is 1.26 bits per heavy atom. The van der Waals surface area contributed by atoms with E-state index in [4.69, 9.17) is 0 Å². The number of piperidine rings is 1. The fourth-order valence-electron chi connectivity index (χ4n) is 2.97. The van der Waals surface area contributed by atoms with Crippen LogP contribution in [0.1, 0.15) is 23.6 Å². The van der Waals surface area contributed by atoms with Crippen molar-refractivity contribution in [3.63, 3.8) is 0 Å². The summed E-state index contributed by atoms with van der Waals surface area (Å²) in [6.07, 6.45) is -3.58. The minimum absolute atomic E-state index is 0. The van der Waals surface area contributed by atoms with Crippen molar-refractivity contribution in [2.45, 2.75) is 25.1 Å². The molecule has 2 bridgehead atoms. The third-order valence-electron chi connectivity index (χ3n) is 3.79. The lowest BCUT2D eigenvalue weighted by Crippen LogP contribution is -2.45. The molecule has 0 spiro atoms. The number of halogens is 4. The molecule has 19 heavy (non-hydrogen) atoms. The summed E-state index contributed by atoms with van der Waals surface area (Å²) in [5.74, 6) is 0.373. The third kappa shape index (κ3) is 2.51. The lowest BCUT2D eigenvalue weighted by atomic mass is 9.84. The quantitative estimate of drug-likeness (QED) is 0.794. The van der Waals surface area contributed by atoms with Gasteiger partial charge in [0, 0.05) is 30.8 Å². The summed E-state index contributed by atoms with van der Waals surface area (Å²) in [4.78, 5) is 11.8. The number of alkyl halides is 3. The summed E-state index contributed by atoms with van der Waals surface area (Å²) in [6, 6.07) is 1.84. The van der Waals surface area contributed by atoms with Crippen LogP contribution in [-0.4, -0.2) is 17.7 Å². The topological polar surface area (TPSA) is 34.0 Å². The van der Waals surface area contributed by atoms with Crippen LogP contribution in [0.2, 0.25) is 0 Å². The van der Waals surface area contributed by atoms with Gasteiger partial charge in [-0.15, -0.1) is 12.4 Å². The Morgan fingerprint density at radius 3 is 2.68 bits per heavy atom. The van der Waals surface area contributed by atoms with Gasteiger partial charge in [-0.3, -0.25) is 4.79 Å². The Hall–Kier alpha value is -1.01. The van der Waals surface area contributed by atoms with Crippen molar-refractivity contribution in [2.24, 2.45) is 5.92 Å². The van der Waals surface area contributed by atoms with Crippen LogP contribution in [0.3, 0.4) is 0 Å². The number of pyridine rings is 1. The van der Waals surface area contributed by atoms with E-state index in [2.05, 4.69) is 5.32 Å². The molecule has 1 unspecified atom stereocenters. The molecular formula is C12H14ClF3N2O. The Balaban J connectivity index is 0.00000133. The van der Waals surface area contributed by atoms with Crippen molar-refractivity contribution < 1.29 is 13.2 Å². The fraction of sp³-hybridized carbons (Fsp3) is 0.583. The maximum Gasteiger partial charge on any atom is 0.416 e. The van der Waals surface area contributed by atoms with Gasteiger partial charge in [-0.1, -0.05) is 0 Å². The highest BCUT2D eigenvalue weighted by Gasteiger charge is 2.36. The number of rotatable bonds is 0. The van der Waals surface area contributed by atoms with Gasteiger partial charge >= 0.3 is 6.18 Å². The first kappa shape index (κ1) is 14.4. The second-order valence-corrected chi connectivity index (χ2v) is 5.07. The van der Waals surface area contributed by atoms with E-state index in [0.29, 0.717) is 30.8 Å². The van der Waals surface area contributed by atoms with Gasteiger partial charge in [0.1, 0.15) is 0 Å². The molecule has 3 nitrogen and oxygen atoms in total. The second kappa shape index (κ2) is 4.83. The van der Waals surface area contributed by atoms with Crippen molar-refractivity contribution in [1.29, 1.82) is 0 Å². The first-order valence-electron chi connectivity index (χ1n) is 5.98. The van der Waals surface area contributed by atoms with Crippen LogP contribution in [0.25, 0.3) is 0 Å². The summed E-state index contributed by atoms with van der Waals surface area (Å²) in [6.45, 7) is 2.01. The molecule has 106 valence electrons. The molecule has 2 atom stereocenters. The van der Waals surface area contributed by atoms with E-state index >= 15 is 0 Å². The summed E-state index contributed by atoms with van der Waals surface area (Å²) in [7, 11) is 0. The van der Waals surface area contributed by atoms with Gasteiger partial charge in [-0.05, 0) is 24.9 Å². The molecule has 2 aliphatic heterocycles. The average Bonchev–Trinajstić information content (AvgIpc) is 2.29. The lowest BCUT2D eigenvalue weighted by Gasteiger charge is -2.37. The maximum atomic E-state index is 12.7. The molecule has 1 N–H and O–H groups in total. The summed E-state index contributed by atoms with van der Waals surface area (Å²) < 4.78 is 39.6. The van der Waals surface area contributed by atoms with Crippen LogP contribution in [-0.2, 0) is 12.7 Å². The number of nitrogens with one attached hydrogen (secondary N) is 1. The molecule has 7 heteroatoms. The summed E-state index contributed by atoms with van der Waals surface area (Å²) in [5.41, 5.74) is -0.836. The zero-order chi connectivity index (χ0) is 12.9. The van der Waals surface area contributed by atoms with Crippen LogP contribution >= 0.6 is 12.4 Å². The fourth-order valence-corrected chi connectivity index (χ4v) is 2.97. The number of nitrogens with zero attached hydrogens (tertiary/aromatic N) is 1. The van der Waals surface area contributed by atoms with Crippen LogP contribution in [0.15, 0.2) is 16.9 Å². The largest absolute Gasteiger partial charge is 0.416 e. The van der Waals surface area contributed by atoms with Gasteiger partial charge in [0.2, 0.25) is 0 Å². The number of aromatic nitrogens is 1. The van der Waals surface area contributed by atoms with E-state index in [1.807, 2.05) is 0 Å². The Bertz CT molecular complexity index is 541. The molecule has 1 saturated heterocycles. The number of hydrogen-bond acceptors (Lipinski definition) is 2. The standard InChI is InChI=1S/C12H13F3N2O.ClH/c13-12(14,15)9-2-10-8-1-7(4-16-5-8)6-17(10)11(18)3-9;/h2-3,7-8,16H,1,4-6H2;1H/t7?,8-;/m0./s1. The Morgan fingerprint density at radius 2 is 2.00 bits per heavy atom. The van der Waals surface area contributed by atoms with Crippen LogP contribution in [0, 0.1) is 5.92 Å². The Kier molecular flexibility index (Phi) is 3.66. The van der Waals surface area contributed by atoms with Gasteiger partial charge in [0.15, 0.2) is 0 Å². The zero-order valence-corrected chi connectivity index (χ0v) is 10.9. The third-order valence-corrected chi connectivity index (χ3v) is 3.79. The maximum absolute atomic E-state index is 12.7. The highest BCUT2D eigenvalue weighted by molar-refractivity contribution is 5.85. The molecule has 3 rings (SSSR count). The lowest BCUT2D eigenvalue weighted by molar-refractivity contribution is -0.137. The molecule has 2 aliphatic rings. The van der Waals surface area contributed by atoms with Gasteiger partial charge in [-0.2, -0.15) is 13.2 Å². The second-order valence-electron chi connectivity index (χ2n) is 5.07. The molecule has 0 aliphatic carbocycles. The summed E-state index contributed by atoms with van der Waals surface area (Å²) in [5, 5.41) is 3.21. The first-order valence-corrected chi connectivity index (χ1v) is 5.98. The summed E-state index contributed by atoms with van der Waals surface area (Å²) >= 11 is 0. The van der Waals surface area contributed by atoms with Gasteiger partial charge < -0.3 is 9.88 Å². The van der Waals surface area contributed by atoms with Crippen LogP contribution in [0.5, 0.6) is 0 Å². The minimum atomic E-state index is -4.45. The number of fused-ring (bicyclic) bond motifs is 4. The zero-order valence-electron chi connectivity index (χ0n) is 10.0. The molecule has 0 saturated carbocycles. The van der Waals surface area contributed by atoms with E-state index < -0.39 is 17.3 Å². The average molecular weight is 295 g/mol. The Labute approximate surface area is 114 Å². The first-order chi connectivity index (χ1) is 8.45. The van der Waals surface area contributed by atoms with Crippen molar-refractivity contribution >= 4 is 12.4 Å². The molecule has 1 aromatic rings. The molecule has 1 fully saturated rings. The molecule has 0 amide bonds.